The van der Waals surface area contributed by atoms with Crippen LogP contribution in [0.3, 0.4) is 0 Å². The molecule has 0 saturated heterocycles. The molecule has 0 unspecified atom stereocenters. The Hall–Kier alpha value is -1.84. The molecule has 0 spiro atoms. The molecule has 1 aromatic carbocycles. The first kappa shape index (κ1) is 28.2. The van der Waals surface area contributed by atoms with Crippen LogP contribution >= 0.6 is 0 Å². The average molecular weight is 447 g/mol. The van der Waals surface area contributed by atoms with Gasteiger partial charge in [0.05, 0.1) is 24.3 Å². The first-order valence-corrected chi connectivity index (χ1v) is 12.8. The Labute approximate surface area is 196 Å². The fourth-order valence-electron chi connectivity index (χ4n) is 3.67. The highest BCUT2D eigenvalue weighted by Crippen LogP contribution is 2.22. The molecule has 0 radical (unpaired) electrons. The summed E-state index contributed by atoms with van der Waals surface area (Å²) in [6.45, 7) is 9.77. The summed E-state index contributed by atoms with van der Waals surface area (Å²) in [5.74, 6) is -0.887. The van der Waals surface area contributed by atoms with Crippen LogP contribution in [0.1, 0.15) is 132 Å². The molecule has 4 heteroatoms. The Morgan fingerprint density at radius 3 is 1.50 bits per heavy atom. The summed E-state index contributed by atoms with van der Waals surface area (Å²) in [5, 5.41) is 0. The van der Waals surface area contributed by atoms with E-state index in [0.29, 0.717) is 29.8 Å². The molecular weight excluding hydrogens is 400 g/mol. The number of benzene rings is 1. The molecule has 0 amide bonds. The van der Waals surface area contributed by atoms with Crippen LogP contribution in [0.25, 0.3) is 0 Å². The molecule has 0 heterocycles. The number of unbranched alkanes of at least 4 members (excludes halogenated alkanes) is 10. The van der Waals surface area contributed by atoms with E-state index in [1.807, 2.05) is 0 Å². The summed E-state index contributed by atoms with van der Waals surface area (Å²) in [5.41, 5.74) is 0.961. The first-order valence-electron chi connectivity index (χ1n) is 12.8. The molecule has 0 N–H and O–H groups in total. The number of ether oxygens (including phenoxy) is 2. The van der Waals surface area contributed by atoms with Crippen LogP contribution in [0.4, 0.5) is 0 Å². The fourth-order valence-corrected chi connectivity index (χ4v) is 3.67. The third-order valence-corrected chi connectivity index (χ3v) is 5.65. The lowest BCUT2D eigenvalue weighted by molar-refractivity contribution is 0.0450. The van der Waals surface area contributed by atoms with E-state index >= 15 is 0 Å². The van der Waals surface area contributed by atoms with Crippen LogP contribution in [-0.4, -0.2) is 25.2 Å². The average Bonchev–Trinajstić information content (AvgIpc) is 2.76. The van der Waals surface area contributed by atoms with Crippen LogP contribution in [0.15, 0.2) is 24.3 Å². The number of carbonyl (C=O) groups is 2. The third-order valence-electron chi connectivity index (χ3n) is 5.65. The number of carbonyl (C=O) groups excluding carboxylic acids is 2. The zero-order chi connectivity index (χ0) is 23.7. The normalized spacial score (nSPS) is 11.4. The predicted octanol–water partition coefficient (Wildman–Crippen LogP) is 8.14. The van der Waals surface area contributed by atoms with Gasteiger partial charge >= 0.3 is 11.9 Å². The van der Waals surface area contributed by atoms with Gasteiger partial charge in [-0.05, 0) is 36.8 Å². The smallest absolute Gasteiger partial charge is 0.339 e. The molecule has 0 aliphatic heterocycles. The van der Waals surface area contributed by atoms with Gasteiger partial charge < -0.3 is 9.47 Å². The van der Waals surface area contributed by atoms with E-state index in [0.717, 1.165) is 32.1 Å². The van der Waals surface area contributed by atoms with Gasteiger partial charge in [0.1, 0.15) is 0 Å². The molecule has 182 valence electrons. The quantitative estimate of drug-likeness (QED) is 0.179. The zero-order valence-corrected chi connectivity index (χ0v) is 21.0. The van der Waals surface area contributed by atoms with Crippen molar-refractivity contribution < 1.29 is 19.1 Å². The van der Waals surface area contributed by atoms with E-state index in [2.05, 4.69) is 27.7 Å². The Balaban J connectivity index is 2.28. The molecule has 0 saturated carbocycles. The van der Waals surface area contributed by atoms with Gasteiger partial charge in [-0.15, -0.1) is 0 Å². The summed E-state index contributed by atoms with van der Waals surface area (Å²) in [7, 11) is 0. The third kappa shape index (κ3) is 13.5. The van der Waals surface area contributed by atoms with Crippen LogP contribution < -0.4 is 0 Å². The van der Waals surface area contributed by atoms with Crippen LogP contribution in [0, 0.1) is 5.41 Å². The molecule has 0 aliphatic carbocycles. The van der Waals surface area contributed by atoms with E-state index < -0.39 is 11.9 Å². The monoisotopic (exact) mass is 446 g/mol. The van der Waals surface area contributed by atoms with Crippen molar-refractivity contribution in [2.24, 2.45) is 5.41 Å². The second-order valence-corrected chi connectivity index (χ2v) is 10.0. The Kier molecular flexibility index (Phi) is 14.8. The van der Waals surface area contributed by atoms with Crippen LogP contribution in [0.5, 0.6) is 0 Å². The fraction of sp³-hybridized carbons (Fsp3) is 0.714. The van der Waals surface area contributed by atoms with Gasteiger partial charge in [-0.3, -0.25) is 0 Å². The number of rotatable bonds is 17. The molecule has 0 bridgehead atoms. The van der Waals surface area contributed by atoms with Crippen molar-refractivity contribution in [3.8, 4) is 0 Å². The van der Waals surface area contributed by atoms with Crippen LogP contribution in [0.2, 0.25) is 0 Å². The largest absolute Gasteiger partial charge is 0.462 e. The van der Waals surface area contributed by atoms with Gasteiger partial charge in [0.2, 0.25) is 0 Å². The Morgan fingerprint density at radius 1 is 0.656 bits per heavy atom. The second kappa shape index (κ2) is 16.7. The minimum absolute atomic E-state index is 0.293. The highest BCUT2D eigenvalue weighted by atomic mass is 16.5. The molecule has 1 aromatic rings. The van der Waals surface area contributed by atoms with Gasteiger partial charge in [0, 0.05) is 0 Å². The van der Waals surface area contributed by atoms with Crippen molar-refractivity contribution in [2.45, 2.75) is 111 Å². The van der Waals surface area contributed by atoms with E-state index in [-0.39, 0.29) is 0 Å². The summed E-state index contributed by atoms with van der Waals surface area (Å²) >= 11 is 0. The predicted molar refractivity (Wildman–Crippen MR) is 132 cm³/mol. The SMILES string of the molecule is CCCCCCCCCCOC(=O)c1ccccc1C(=O)OCCCCCCC(C)(C)C. The maximum absolute atomic E-state index is 12.5. The maximum atomic E-state index is 12.5. The second-order valence-electron chi connectivity index (χ2n) is 10.0. The Bertz CT molecular complexity index is 645. The van der Waals surface area contributed by atoms with Gasteiger partial charge in [0.25, 0.3) is 0 Å². The molecule has 0 fully saturated rings. The van der Waals surface area contributed by atoms with E-state index in [4.69, 9.17) is 9.47 Å². The molecule has 4 nitrogen and oxygen atoms in total. The van der Waals surface area contributed by atoms with E-state index in [1.54, 1.807) is 24.3 Å². The molecule has 32 heavy (non-hydrogen) atoms. The summed E-state index contributed by atoms with van der Waals surface area (Å²) in [4.78, 5) is 25.0. The highest BCUT2D eigenvalue weighted by molar-refractivity contribution is 6.03. The summed E-state index contributed by atoms with van der Waals surface area (Å²) in [6, 6.07) is 6.77. The minimum atomic E-state index is -0.445. The highest BCUT2D eigenvalue weighted by Gasteiger charge is 2.18. The lowest BCUT2D eigenvalue weighted by Crippen LogP contribution is -2.15. The minimum Gasteiger partial charge on any atom is -0.462 e. The van der Waals surface area contributed by atoms with Crippen LogP contribution in [-0.2, 0) is 9.47 Å². The van der Waals surface area contributed by atoms with Crippen molar-refractivity contribution in [2.75, 3.05) is 13.2 Å². The standard InChI is InChI=1S/C28H46O4/c1-5-6-7-8-9-10-12-17-22-31-26(29)24-19-14-15-20-25(24)27(30)32-23-18-13-11-16-21-28(2,3)4/h14-15,19-20H,5-13,16-18,21-23H2,1-4H3. The van der Waals surface area contributed by atoms with Crippen molar-refractivity contribution >= 4 is 11.9 Å². The molecular formula is C28H46O4. The first-order chi connectivity index (χ1) is 15.3. The zero-order valence-electron chi connectivity index (χ0n) is 21.0. The number of hydrogen-bond donors (Lipinski definition) is 0. The van der Waals surface area contributed by atoms with E-state index in [9.17, 15) is 9.59 Å². The molecule has 1 rings (SSSR count). The lowest BCUT2D eigenvalue weighted by atomic mass is 9.89. The number of hydrogen-bond acceptors (Lipinski definition) is 4. The molecule has 0 aromatic heterocycles. The summed E-state index contributed by atoms with van der Waals surface area (Å²) < 4.78 is 10.8. The number of esters is 2. The van der Waals surface area contributed by atoms with Crippen molar-refractivity contribution in [1.29, 1.82) is 0 Å². The molecule has 0 aliphatic rings. The topological polar surface area (TPSA) is 52.6 Å². The lowest BCUT2D eigenvalue weighted by Gasteiger charge is -2.17. The van der Waals surface area contributed by atoms with Crippen molar-refractivity contribution in [3.63, 3.8) is 0 Å². The summed E-state index contributed by atoms with van der Waals surface area (Å²) in [6.07, 6.45) is 15.0. The van der Waals surface area contributed by atoms with Gasteiger partial charge in [-0.25, -0.2) is 9.59 Å². The van der Waals surface area contributed by atoms with Gasteiger partial charge in [0.15, 0.2) is 0 Å². The Morgan fingerprint density at radius 2 is 1.06 bits per heavy atom. The van der Waals surface area contributed by atoms with Gasteiger partial charge in [-0.1, -0.05) is 104 Å². The van der Waals surface area contributed by atoms with Crippen molar-refractivity contribution in [1.82, 2.24) is 0 Å². The molecule has 0 atom stereocenters. The maximum Gasteiger partial charge on any atom is 0.339 e. The van der Waals surface area contributed by atoms with Gasteiger partial charge in [-0.2, -0.15) is 0 Å². The van der Waals surface area contributed by atoms with Crippen molar-refractivity contribution in [3.05, 3.63) is 35.4 Å². The van der Waals surface area contributed by atoms with E-state index in [1.165, 1.54) is 51.4 Å².